The zero-order valence-electron chi connectivity index (χ0n) is 13.3. The second kappa shape index (κ2) is 7.27. The van der Waals surface area contributed by atoms with Crippen LogP contribution in [0, 0.1) is 10.1 Å². The van der Waals surface area contributed by atoms with Gasteiger partial charge in [0, 0.05) is 31.8 Å². The molecule has 1 aromatic carbocycles. The Kier molecular flexibility index (Phi) is 5.34. The molecule has 25 heavy (non-hydrogen) atoms. The molecule has 2 aromatic rings. The number of nitrogens with one attached hydrogen (secondary N) is 2. The number of amides is 1. The van der Waals surface area contributed by atoms with Crippen LogP contribution in [0.1, 0.15) is 5.56 Å². The highest BCUT2D eigenvalue weighted by Crippen LogP contribution is 2.18. The Bertz CT molecular complexity index is 875. The molecule has 0 bridgehead atoms. The predicted molar refractivity (Wildman–Crippen MR) is 85.4 cm³/mol. The number of nitro groups is 1. The quantitative estimate of drug-likeness (QED) is 0.566. The summed E-state index contributed by atoms with van der Waals surface area (Å²) < 4.78 is 30.2. The van der Waals surface area contributed by atoms with E-state index in [4.69, 9.17) is 4.74 Å². The van der Waals surface area contributed by atoms with Gasteiger partial charge in [-0.3, -0.25) is 15.2 Å². The molecule has 0 spiro atoms. The topological polar surface area (TPSA) is 148 Å². The predicted octanol–water partition coefficient (Wildman–Crippen LogP) is 0.857. The zero-order valence-corrected chi connectivity index (χ0v) is 14.1. The van der Waals surface area contributed by atoms with Crippen molar-refractivity contribution in [3.63, 3.8) is 0 Å². The highest BCUT2D eigenvalue weighted by atomic mass is 32.2. The molecule has 2 N–H and O–H groups in total. The molecule has 2 rings (SSSR count). The number of sulfonamides is 1. The Hall–Kier alpha value is -2.99. The zero-order chi connectivity index (χ0) is 18.6. The van der Waals surface area contributed by atoms with E-state index in [0.29, 0.717) is 0 Å². The number of non-ortho nitro benzene ring substituents is 1. The van der Waals surface area contributed by atoms with E-state index in [-0.39, 0.29) is 28.6 Å². The van der Waals surface area contributed by atoms with Crippen LogP contribution in [-0.2, 0) is 16.6 Å². The fraction of sp³-hybridized carbons (Fsp3) is 0.231. The van der Waals surface area contributed by atoms with Crippen LogP contribution in [0.25, 0.3) is 0 Å². The number of carbonyl (C=O) groups excluding carboxylic acids is 1. The van der Waals surface area contributed by atoms with E-state index in [9.17, 15) is 23.3 Å². The summed E-state index contributed by atoms with van der Waals surface area (Å²) in [5.74, 6) is 0.108. The lowest BCUT2D eigenvalue weighted by Gasteiger charge is -2.11. The van der Waals surface area contributed by atoms with Crippen LogP contribution in [-0.4, -0.2) is 48.0 Å². The third kappa shape index (κ3) is 4.30. The molecule has 0 aliphatic heterocycles. The van der Waals surface area contributed by atoms with E-state index in [1.54, 1.807) is 0 Å². The van der Waals surface area contributed by atoms with Crippen molar-refractivity contribution in [1.82, 2.24) is 19.8 Å². The molecule has 0 saturated carbocycles. The molecule has 0 saturated heterocycles. The van der Waals surface area contributed by atoms with E-state index in [2.05, 4.69) is 15.5 Å². The van der Waals surface area contributed by atoms with Gasteiger partial charge in [0.05, 0.1) is 17.7 Å². The van der Waals surface area contributed by atoms with Crippen LogP contribution >= 0.6 is 0 Å². The van der Waals surface area contributed by atoms with Crippen LogP contribution in [0.15, 0.2) is 35.5 Å². The van der Waals surface area contributed by atoms with Crippen LogP contribution < -0.4 is 10.1 Å². The lowest BCUT2D eigenvalue weighted by atomic mass is 10.3. The van der Waals surface area contributed by atoms with E-state index in [1.165, 1.54) is 44.6 Å². The number of aromatic nitrogens is 2. The number of aromatic amines is 1. The highest BCUT2D eigenvalue weighted by Gasteiger charge is 2.23. The summed E-state index contributed by atoms with van der Waals surface area (Å²) in [6.45, 7) is -0.134. The fourth-order valence-corrected chi connectivity index (χ4v) is 2.77. The van der Waals surface area contributed by atoms with E-state index in [1.807, 2.05) is 0 Å². The molecule has 12 heteroatoms. The van der Waals surface area contributed by atoms with Crippen molar-refractivity contribution in [2.75, 3.05) is 14.1 Å². The first kappa shape index (κ1) is 18.4. The van der Waals surface area contributed by atoms with E-state index >= 15 is 0 Å². The Morgan fingerprint density at radius 2 is 2.00 bits per heavy atom. The van der Waals surface area contributed by atoms with Gasteiger partial charge in [-0.15, -0.1) is 0 Å². The minimum absolute atomic E-state index is 0.108. The summed E-state index contributed by atoms with van der Waals surface area (Å²) in [6, 6.07) is 4.94. The van der Waals surface area contributed by atoms with Gasteiger partial charge in [-0.25, -0.2) is 17.5 Å². The molecule has 11 nitrogen and oxygen atoms in total. The first-order valence-electron chi connectivity index (χ1n) is 6.86. The minimum atomic E-state index is -3.72. The number of carbonyl (C=O) groups is 1. The number of nitro benzene ring substituents is 1. The van der Waals surface area contributed by atoms with Crippen molar-refractivity contribution in [2.45, 2.75) is 11.6 Å². The summed E-state index contributed by atoms with van der Waals surface area (Å²) >= 11 is 0. The summed E-state index contributed by atoms with van der Waals surface area (Å²) in [6.07, 6.45) is 0.436. The monoisotopic (exact) mass is 369 g/mol. The van der Waals surface area contributed by atoms with Gasteiger partial charge in [0.15, 0.2) is 5.03 Å². The largest absolute Gasteiger partial charge is 0.412 e. The number of benzene rings is 1. The van der Waals surface area contributed by atoms with Gasteiger partial charge in [0.2, 0.25) is 0 Å². The van der Waals surface area contributed by atoms with Crippen LogP contribution in [0.5, 0.6) is 5.75 Å². The number of hydrogen-bond donors (Lipinski definition) is 2. The SMILES string of the molecule is CN(C)S(=O)(=O)c1[nH]ncc1CNC(=O)Oc1ccc([N+](=O)[O-])cc1. The second-order valence-corrected chi connectivity index (χ2v) is 7.09. The lowest BCUT2D eigenvalue weighted by Crippen LogP contribution is -2.28. The minimum Gasteiger partial charge on any atom is -0.410 e. The summed E-state index contributed by atoms with van der Waals surface area (Å²) in [5, 5.41) is 18.9. The molecular weight excluding hydrogens is 354 g/mol. The maximum Gasteiger partial charge on any atom is 0.412 e. The van der Waals surface area contributed by atoms with Crippen molar-refractivity contribution < 1.29 is 22.9 Å². The smallest absolute Gasteiger partial charge is 0.410 e. The maximum absolute atomic E-state index is 12.1. The molecule has 0 radical (unpaired) electrons. The Balaban J connectivity index is 1.99. The third-order valence-electron chi connectivity index (χ3n) is 3.10. The van der Waals surface area contributed by atoms with Crippen molar-refractivity contribution in [1.29, 1.82) is 0 Å². The number of ether oxygens (including phenoxy) is 1. The van der Waals surface area contributed by atoms with Crippen LogP contribution in [0.3, 0.4) is 0 Å². The molecule has 0 fully saturated rings. The van der Waals surface area contributed by atoms with Gasteiger partial charge in [-0.1, -0.05) is 0 Å². The number of hydrogen-bond acceptors (Lipinski definition) is 7. The molecule has 1 heterocycles. The normalized spacial score (nSPS) is 11.3. The third-order valence-corrected chi connectivity index (χ3v) is 4.93. The van der Waals surface area contributed by atoms with Gasteiger partial charge in [0.25, 0.3) is 15.7 Å². The fourth-order valence-electron chi connectivity index (χ4n) is 1.78. The van der Waals surface area contributed by atoms with Gasteiger partial charge in [0.1, 0.15) is 5.75 Å². The molecular formula is C13H15N5O6S. The number of nitrogens with zero attached hydrogens (tertiary/aromatic N) is 3. The van der Waals surface area contributed by atoms with Gasteiger partial charge >= 0.3 is 6.09 Å². The number of rotatable bonds is 6. The average molecular weight is 369 g/mol. The number of H-pyrrole nitrogens is 1. The lowest BCUT2D eigenvalue weighted by molar-refractivity contribution is -0.384. The average Bonchev–Trinajstić information content (AvgIpc) is 3.02. The summed E-state index contributed by atoms with van der Waals surface area (Å²) in [7, 11) is -0.982. The van der Waals surface area contributed by atoms with Crippen molar-refractivity contribution in [3.05, 3.63) is 46.1 Å². The van der Waals surface area contributed by atoms with Crippen LogP contribution in [0.4, 0.5) is 10.5 Å². The molecule has 1 aromatic heterocycles. The molecule has 0 aliphatic rings. The van der Waals surface area contributed by atoms with Crippen LogP contribution in [0.2, 0.25) is 0 Å². The van der Waals surface area contributed by atoms with Crippen molar-refractivity contribution in [3.8, 4) is 5.75 Å². The first-order valence-corrected chi connectivity index (χ1v) is 8.30. The second-order valence-electron chi connectivity index (χ2n) is 5.01. The van der Waals surface area contributed by atoms with Gasteiger partial charge in [-0.05, 0) is 12.1 Å². The maximum atomic E-state index is 12.1. The standard InChI is InChI=1S/C13H15N5O6S/c1-17(2)25(22,23)12-9(8-15-16-12)7-14-13(19)24-11-5-3-10(4-6-11)18(20)21/h3-6,8H,7H2,1-2H3,(H,14,19)(H,15,16). The van der Waals surface area contributed by atoms with Crippen molar-refractivity contribution in [2.24, 2.45) is 0 Å². The molecule has 134 valence electrons. The highest BCUT2D eigenvalue weighted by molar-refractivity contribution is 7.89. The molecule has 0 aliphatic carbocycles. The van der Waals surface area contributed by atoms with E-state index in [0.717, 1.165) is 4.31 Å². The van der Waals surface area contributed by atoms with E-state index < -0.39 is 21.0 Å². The molecule has 0 unspecified atom stereocenters. The van der Waals surface area contributed by atoms with Gasteiger partial charge in [-0.2, -0.15) is 5.10 Å². The molecule has 0 atom stereocenters. The van der Waals surface area contributed by atoms with Gasteiger partial charge < -0.3 is 10.1 Å². The Labute approximate surface area is 142 Å². The Morgan fingerprint density at radius 3 is 2.56 bits per heavy atom. The summed E-state index contributed by atoms with van der Waals surface area (Å²) in [5.41, 5.74) is 0.124. The van der Waals surface area contributed by atoms with Crippen molar-refractivity contribution >= 4 is 21.8 Å². The summed E-state index contributed by atoms with van der Waals surface area (Å²) in [4.78, 5) is 21.7. The molecule has 1 amide bonds. The Morgan fingerprint density at radius 1 is 1.36 bits per heavy atom. The first-order chi connectivity index (χ1) is 11.7.